The van der Waals surface area contributed by atoms with Gasteiger partial charge in [-0.15, -0.1) is 0 Å². The highest BCUT2D eigenvalue weighted by molar-refractivity contribution is 9.10. The third-order valence-corrected chi connectivity index (χ3v) is 2.88. The molecule has 1 aromatic heterocycles. The zero-order valence-corrected chi connectivity index (χ0v) is 10.4. The van der Waals surface area contributed by atoms with Gasteiger partial charge in [0.05, 0.1) is 6.20 Å². The van der Waals surface area contributed by atoms with E-state index in [2.05, 4.69) is 27.2 Å². The largest absolute Gasteiger partial charge is 0.361 e. The Morgan fingerprint density at radius 3 is 3.00 bits per heavy atom. The Morgan fingerprint density at radius 1 is 1.38 bits per heavy atom. The molecule has 0 unspecified atom stereocenters. The predicted octanol–water partition coefficient (Wildman–Crippen LogP) is 3.00. The third kappa shape index (κ3) is 2.51. The molecule has 0 bridgehead atoms. The summed E-state index contributed by atoms with van der Waals surface area (Å²) in [6.45, 7) is 0.665. The molecule has 0 aliphatic rings. The first-order chi connectivity index (χ1) is 7.81. The number of nitrogens with zero attached hydrogens (tertiary/aromatic N) is 1. The Hall–Kier alpha value is -1.13. The van der Waals surface area contributed by atoms with Crippen LogP contribution in [0.4, 0.5) is 0 Å². The summed E-state index contributed by atoms with van der Waals surface area (Å²) in [5.74, 6) is 0.906. The molecule has 2 N–H and O–H groups in total. The Kier molecular flexibility index (Phi) is 3.74. The molecular formula is C12H13BrN2O. The minimum atomic E-state index is 0.665. The number of rotatable bonds is 4. The van der Waals surface area contributed by atoms with Crippen molar-refractivity contribution in [3.63, 3.8) is 0 Å². The molecule has 2 aromatic rings. The second kappa shape index (κ2) is 5.27. The van der Waals surface area contributed by atoms with E-state index < -0.39 is 0 Å². The molecule has 0 atom stereocenters. The smallest absolute Gasteiger partial charge is 0.144 e. The maximum Gasteiger partial charge on any atom is 0.144 e. The first-order valence-corrected chi connectivity index (χ1v) is 6.00. The number of halogens is 1. The third-order valence-electron chi connectivity index (χ3n) is 2.39. The molecule has 0 aliphatic carbocycles. The molecule has 0 amide bonds. The lowest BCUT2D eigenvalue weighted by Crippen LogP contribution is -2.00. The predicted molar refractivity (Wildman–Crippen MR) is 67.0 cm³/mol. The van der Waals surface area contributed by atoms with Gasteiger partial charge in [0.1, 0.15) is 5.76 Å². The zero-order chi connectivity index (χ0) is 11.4. The summed E-state index contributed by atoms with van der Waals surface area (Å²) in [6.07, 6.45) is 3.50. The van der Waals surface area contributed by atoms with E-state index in [1.807, 2.05) is 18.2 Å². The molecule has 4 heteroatoms. The van der Waals surface area contributed by atoms with Gasteiger partial charge in [0.2, 0.25) is 0 Å². The van der Waals surface area contributed by atoms with Gasteiger partial charge >= 0.3 is 0 Å². The number of aryl methyl sites for hydroxylation is 1. The van der Waals surface area contributed by atoms with Gasteiger partial charge in [-0.2, -0.15) is 0 Å². The Balaban J connectivity index is 2.29. The number of aromatic nitrogens is 1. The number of benzene rings is 1. The Labute approximate surface area is 103 Å². The number of nitrogens with two attached hydrogens (primary N) is 1. The van der Waals surface area contributed by atoms with Crippen molar-refractivity contribution in [3.05, 3.63) is 40.7 Å². The van der Waals surface area contributed by atoms with Crippen molar-refractivity contribution in [2.45, 2.75) is 12.8 Å². The summed E-state index contributed by atoms with van der Waals surface area (Å²) in [6, 6.07) is 8.09. The first-order valence-electron chi connectivity index (χ1n) is 5.21. The van der Waals surface area contributed by atoms with Crippen LogP contribution in [0.3, 0.4) is 0 Å². The summed E-state index contributed by atoms with van der Waals surface area (Å²) >= 11 is 3.45. The highest BCUT2D eigenvalue weighted by Crippen LogP contribution is 2.26. The second-order valence-electron chi connectivity index (χ2n) is 3.57. The minimum absolute atomic E-state index is 0.665. The maximum absolute atomic E-state index is 5.49. The number of hydrogen-bond donors (Lipinski definition) is 1. The maximum atomic E-state index is 5.49. The summed E-state index contributed by atoms with van der Waals surface area (Å²) < 4.78 is 6.29. The molecule has 1 aromatic carbocycles. The van der Waals surface area contributed by atoms with E-state index in [4.69, 9.17) is 10.3 Å². The lowest BCUT2D eigenvalue weighted by molar-refractivity contribution is 0.382. The zero-order valence-electron chi connectivity index (χ0n) is 8.82. The fourth-order valence-corrected chi connectivity index (χ4v) is 2.00. The summed E-state index contributed by atoms with van der Waals surface area (Å²) in [5.41, 5.74) is 7.65. The van der Waals surface area contributed by atoms with Crippen LogP contribution in [0.25, 0.3) is 11.1 Å². The van der Waals surface area contributed by atoms with Crippen molar-refractivity contribution in [1.29, 1.82) is 0 Å². The van der Waals surface area contributed by atoms with Crippen molar-refractivity contribution in [2.75, 3.05) is 6.54 Å². The van der Waals surface area contributed by atoms with Crippen molar-refractivity contribution in [2.24, 2.45) is 5.73 Å². The van der Waals surface area contributed by atoms with Crippen molar-refractivity contribution in [3.8, 4) is 11.1 Å². The van der Waals surface area contributed by atoms with Gasteiger partial charge in [-0.1, -0.05) is 33.2 Å². The van der Waals surface area contributed by atoms with E-state index >= 15 is 0 Å². The van der Waals surface area contributed by atoms with Gasteiger partial charge in [0.15, 0.2) is 0 Å². The quantitative estimate of drug-likeness (QED) is 0.937. The average Bonchev–Trinajstić information content (AvgIpc) is 2.74. The van der Waals surface area contributed by atoms with E-state index in [-0.39, 0.29) is 0 Å². The summed E-state index contributed by atoms with van der Waals surface area (Å²) in [5, 5.41) is 3.85. The lowest BCUT2D eigenvalue weighted by atomic mass is 10.0. The van der Waals surface area contributed by atoms with Crippen LogP contribution in [0.15, 0.2) is 39.5 Å². The van der Waals surface area contributed by atoms with E-state index in [0.29, 0.717) is 6.54 Å². The SMILES string of the molecule is NCCCc1oncc1-c1cccc(Br)c1. The van der Waals surface area contributed by atoms with Crippen LogP contribution < -0.4 is 5.73 Å². The summed E-state index contributed by atoms with van der Waals surface area (Å²) in [4.78, 5) is 0. The molecule has 0 spiro atoms. The molecule has 3 nitrogen and oxygen atoms in total. The molecule has 0 saturated carbocycles. The van der Waals surface area contributed by atoms with Crippen LogP contribution >= 0.6 is 15.9 Å². The van der Waals surface area contributed by atoms with E-state index in [1.54, 1.807) is 6.20 Å². The van der Waals surface area contributed by atoms with Crippen molar-refractivity contribution < 1.29 is 4.52 Å². The molecule has 16 heavy (non-hydrogen) atoms. The van der Waals surface area contributed by atoms with Gasteiger partial charge in [-0.25, -0.2) is 0 Å². The standard InChI is InChI=1S/C12H13BrN2O/c13-10-4-1-3-9(7-10)11-8-15-16-12(11)5-2-6-14/h1,3-4,7-8H,2,5-6,14H2. The van der Waals surface area contributed by atoms with E-state index in [0.717, 1.165) is 34.2 Å². The van der Waals surface area contributed by atoms with E-state index in [9.17, 15) is 0 Å². The van der Waals surface area contributed by atoms with Gasteiger partial charge in [0, 0.05) is 16.5 Å². The average molecular weight is 281 g/mol. The Bertz CT molecular complexity index is 468. The minimum Gasteiger partial charge on any atom is -0.361 e. The normalized spacial score (nSPS) is 10.6. The lowest BCUT2D eigenvalue weighted by Gasteiger charge is -2.01. The van der Waals surface area contributed by atoms with Gasteiger partial charge in [-0.05, 0) is 30.7 Å². The molecule has 0 saturated heterocycles. The second-order valence-corrected chi connectivity index (χ2v) is 4.48. The summed E-state index contributed by atoms with van der Waals surface area (Å²) in [7, 11) is 0. The van der Waals surface area contributed by atoms with Crippen LogP contribution in [0.1, 0.15) is 12.2 Å². The highest BCUT2D eigenvalue weighted by atomic mass is 79.9. The monoisotopic (exact) mass is 280 g/mol. The van der Waals surface area contributed by atoms with Gasteiger partial charge < -0.3 is 10.3 Å². The highest BCUT2D eigenvalue weighted by Gasteiger charge is 2.09. The van der Waals surface area contributed by atoms with Crippen molar-refractivity contribution in [1.82, 2.24) is 5.16 Å². The molecule has 0 aliphatic heterocycles. The Morgan fingerprint density at radius 2 is 2.25 bits per heavy atom. The fourth-order valence-electron chi connectivity index (χ4n) is 1.60. The van der Waals surface area contributed by atoms with Crippen LogP contribution in [0.2, 0.25) is 0 Å². The van der Waals surface area contributed by atoms with Crippen molar-refractivity contribution >= 4 is 15.9 Å². The topological polar surface area (TPSA) is 52.0 Å². The molecule has 0 radical (unpaired) electrons. The molecular weight excluding hydrogens is 268 g/mol. The molecule has 84 valence electrons. The van der Waals surface area contributed by atoms with Crippen LogP contribution in [0.5, 0.6) is 0 Å². The van der Waals surface area contributed by atoms with Crippen LogP contribution in [0, 0.1) is 0 Å². The van der Waals surface area contributed by atoms with Gasteiger partial charge in [-0.3, -0.25) is 0 Å². The first kappa shape index (κ1) is 11.4. The molecule has 2 rings (SSSR count). The van der Waals surface area contributed by atoms with Gasteiger partial charge in [0.25, 0.3) is 0 Å². The fraction of sp³-hybridized carbons (Fsp3) is 0.250. The van der Waals surface area contributed by atoms with Crippen LogP contribution in [-0.2, 0) is 6.42 Å². The molecule has 1 heterocycles. The number of hydrogen-bond acceptors (Lipinski definition) is 3. The van der Waals surface area contributed by atoms with E-state index in [1.165, 1.54) is 0 Å². The van der Waals surface area contributed by atoms with Crippen LogP contribution in [-0.4, -0.2) is 11.7 Å². The molecule has 0 fully saturated rings.